The summed E-state index contributed by atoms with van der Waals surface area (Å²) in [5.74, 6) is -0.200. The number of hydrogen-bond donors (Lipinski definition) is 1. The number of ether oxygens (including phenoxy) is 5. The van der Waals surface area contributed by atoms with Crippen molar-refractivity contribution in [3.8, 4) is 23.0 Å². The van der Waals surface area contributed by atoms with E-state index in [1.807, 2.05) is 0 Å². The molecule has 0 saturated heterocycles. The Morgan fingerprint density at radius 2 is 1.77 bits per heavy atom. The van der Waals surface area contributed by atoms with Gasteiger partial charge in [-0.05, 0) is 73.0 Å². The maximum atomic E-state index is 14.2. The lowest BCUT2D eigenvalue weighted by Gasteiger charge is -2.26. The highest BCUT2D eigenvalue weighted by Crippen LogP contribution is 2.41. The standard InChI is InChI=1S/C34H30BrClN2O9S/c1-6-46-33(42)28-17(2)37-34-38(29(28)21-14-24(43-3)25(44-4)15-22(21)35)31(39)27(48-34)13-19-11-23(36)30(26(12-19)45-5)47-16-18-8-7-9-20(10-18)32(40)41/h7-15,29H,6,16H2,1-5H3,(H,40,41)/b27-13+/t29-/m1/s1. The molecule has 5 rings (SSSR count). The average molecular weight is 758 g/mol. The summed E-state index contributed by atoms with van der Waals surface area (Å²) in [6.07, 6.45) is 1.66. The van der Waals surface area contributed by atoms with Crippen molar-refractivity contribution in [1.82, 2.24) is 4.57 Å². The number of thiazole rings is 1. The van der Waals surface area contributed by atoms with Crippen molar-refractivity contribution in [2.75, 3.05) is 27.9 Å². The van der Waals surface area contributed by atoms with E-state index in [0.29, 0.717) is 53.4 Å². The van der Waals surface area contributed by atoms with Crippen molar-refractivity contribution < 1.29 is 38.4 Å². The smallest absolute Gasteiger partial charge is 0.338 e. The number of esters is 1. The Morgan fingerprint density at radius 3 is 2.44 bits per heavy atom. The summed E-state index contributed by atoms with van der Waals surface area (Å²) in [6, 6.07) is 12.2. The molecular weight excluding hydrogens is 728 g/mol. The Kier molecular flexibility index (Phi) is 10.6. The van der Waals surface area contributed by atoms with Crippen LogP contribution in [0.15, 0.2) is 74.1 Å². The Hall–Kier alpha value is -4.59. The molecule has 0 bridgehead atoms. The van der Waals surface area contributed by atoms with Crippen LogP contribution in [-0.2, 0) is 16.1 Å². The molecule has 0 saturated carbocycles. The third-order valence-electron chi connectivity index (χ3n) is 7.42. The summed E-state index contributed by atoms with van der Waals surface area (Å²) in [7, 11) is 4.48. The fraction of sp³-hybridized carbons (Fsp3) is 0.235. The summed E-state index contributed by atoms with van der Waals surface area (Å²) in [6.45, 7) is 3.59. The molecule has 11 nitrogen and oxygen atoms in total. The molecule has 1 aromatic heterocycles. The number of methoxy groups -OCH3 is 3. The van der Waals surface area contributed by atoms with E-state index in [2.05, 4.69) is 20.9 Å². The van der Waals surface area contributed by atoms with Gasteiger partial charge in [-0.3, -0.25) is 9.36 Å². The molecule has 0 radical (unpaired) electrons. The molecule has 0 fully saturated rings. The Labute approximate surface area is 292 Å². The number of carbonyl (C=O) groups excluding carboxylic acids is 1. The Bertz CT molecular complexity index is 2140. The van der Waals surface area contributed by atoms with Crippen LogP contribution in [0.4, 0.5) is 0 Å². The summed E-state index contributed by atoms with van der Waals surface area (Å²) < 4.78 is 30.3. The van der Waals surface area contributed by atoms with Gasteiger partial charge in [0.05, 0.1) is 60.4 Å². The molecule has 3 aromatic carbocycles. The van der Waals surface area contributed by atoms with Gasteiger partial charge in [-0.25, -0.2) is 14.6 Å². The predicted molar refractivity (Wildman–Crippen MR) is 183 cm³/mol. The van der Waals surface area contributed by atoms with Crippen molar-refractivity contribution >= 4 is 56.9 Å². The van der Waals surface area contributed by atoms with Crippen LogP contribution in [0.2, 0.25) is 5.02 Å². The lowest BCUT2D eigenvalue weighted by atomic mass is 9.95. The number of benzene rings is 3. The van der Waals surface area contributed by atoms with Gasteiger partial charge in [0.1, 0.15) is 6.61 Å². The number of aromatic nitrogens is 1. The molecule has 0 spiro atoms. The zero-order chi connectivity index (χ0) is 34.7. The van der Waals surface area contributed by atoms with Crippen molar-refractivity contribution in [2.45, 2.75) is 26.5 Å². The van der Waals surface area contributed by atoms with Crippen LogP contribution in [0.1, 0.15) is 46.9 Å². The minimum absolute atomic E-state index is 0.0446. The maximum absolute atomic E-state index is 14.2. The van der Waals surface area contributed by atoms with Crippen LogP contribution >= 0.6 is 38.9 Å². The number of carboxylic acids is 1. The topological polar surface area (TPSA) is 135 Å². The number of hydrogen-bond acceptors (Lipinski definition) is 10. The van der Waals surface area contributed by atoms with Gasteiger partial charge in [-0.15, -0.1) is 0 Å². The highest BCUT2D eigenvalue weighted by molar-refractivity contribution is 9.10. The number of fused-ring (bicyclic) bond motifs is 1. The van der Waals surface area contributed by atoms with E-state index < -0.39 is 23.5 Å². The van der Waals surface area contributed by atoms with Gasteiger partial charge in [0, 0.05) is 4.47 Å². The van der Waals surface area contributed by atoms with Crippen LogP contribution in [0.25, 0.3) is 6.08 Å². The first kappa shape index (κ1) is 34.7. The molecule has 48 heavy (non-hydrogen) atoms. The monoisotopic (exact) mass is 756 g/mol. The van der Waals surface area contributed by atoms with E-state index in [1.54, 1.807) is 56.3 Å². The van der Waals surface area contributed by atoms with Gasteiger partial charge in [0.25, 0.3) is 5.56 Å². The second-order valence-electron chi connectivity index (χ2n) is 10.4. The number of aromatic carboxylic acids is 1. The Balaban J connectivity index is 1.60. The number of nitrogens with zero attached hydrogens (tertiary/aromatic N) is 2. The first-order chi connectivity index (χ1) is 23.0. The Morgan fingerprint density at radius 1 is 1.06 bits per heavy atom. The largest absolute Gasteiger partial charge is 0.493 e. The van der Waals surface area contributed by atoms with Gasteiger partial charge in [0.15, 0.2) is 27.8 Å². The molecule has 1 atom stereocenters. The highest BCUT2D eigenvalue weighted by atomic mass is 79.9. The van der Waals surface area contributed by atoms with E-state index >= 15 is 0 Å². The first-order valence-electron chi connectivity index (χ1n) is 14.4. The van der Waals surface area contributed by atoms with Crippen molar-refractivity contribution in [3.63, 3.8) is 0 Å². The lowest BCUT2D eigenvalue weighted by molar-refractivity contribution is -0.139. The van der Waals surface area contributed by atoms with Crippen molar-refractivity contribution in [1.29, 1.82) is 0 Å². The summed E-state index contributed by atoms with van der Waals surface area (Å²) in [5, 5.41) is 9.51. The zero-order valence-corrected chi connectivity index (χ0v) is 29.6. The molecule has 14 heteroatoms. The second kappa shape index (κ2) is 14.7. The third kappa shape index (κ3) is 6.84. The normalized spacial score (nSPS) is 14.2. The van der Waals surface area contributed by atoms with Crippen molar-refractivity contribution in [2.24, 2.45) is 4.99 Å². The van der Waals surface area contributed by atoms with Crippen molar-refractivity contribution in [3.05, 3.63) is 111 Å². The highest BCUT2D eigenvalue weighted by Gasteiger charge is 2.35. The number of rotatable bonds is 11. The minimum Gasteiger partial charge on any atom is -0.493 e. The molecule has 2 heterocycles. The average Bonchev–Trinajstić information content (AvgIpc) is 3.36. The quantitative estimate of drug-likeness (QED) is 0.197. The van der Waals surface area contributed by atoms with Crippen LogP contribution in [0, 0.1) is 0 Å². The van der Waals surface area contributed by atoms with E-state index in [-0.39, 0.29) is 35.1 Å². The molecule has 1 aliphatic heterocycles. The van der Waals surface area contributed by atoms with Gasteiger partial charge in [-0.2, -0.15) is 0 Å². The van der Waals surface area contributed by atoms with Crippen LogP contribution in [0.5, 0.6) is 23.0 Å². The number of carbonyl (C=O) groups is 2. The fourth-order valence-electron chi connectivity index (χ4n) is 5.23. The molecule has 0 aliphatic carbocycles. The van der Waals surface area contributed by atoms with E-state index in [0.717, 1.165) is 11.3 Å². The van der Waals surface area contributed by atoms with E-state index in [4.69, 9.17) is 35.3 Å². The molecule has 1 N–H and O–H groups in total. The molecule has 4 aromatic rings. The van der Waals surface area contributed by atoms with Gasteiger partial charge < -0.3 is 28.8 Å². The van der Waals surface area contributed by atoms with Gasteiger partial charge in [-0.1, -0.05) is 51.0 Å². The summed E-state index contributed by atoms with van der Waals surface area (Å²) >= 11 is 11.4. The number of halogens is 2. The first-order valence-corrected chi connectivity index (χ1v) is 16.4. The molecule has 250 valence electrons. The fourth-order valence-corrected chi connectivity index (χ4v) is 7.09. The molecular formula is C34H30BrClN2O9S. The summed E-state index contributed by atoms with van der Waals surface area (Å²) in [4.78, 5) is 43.9. The predicted octanol–water partition coefficient (Wildman–Crippen LogP) is 5.52. The minimum atomic E-state index is -1.04. The SMILES string of the molecule is CCOC(=O)C1=C(C)N=c2s/c(=C/c3cc(Cl)c(OCc4cccc(C(=O)O)c4)c(OC)c3)c(=O)n2[C@@H]1c1cc(OC)c(OC)cc1Br. The zero-order valence-electron chi connectivity index (χ0n) is 26.5. The lowest BCUT2D eigenvalue weighted by Crippen LogP contribution is -2.40. The molecule has 0 amide bonds. The number of carboxylic acid groups (broad SMARTS) is 1. The van der Waals surface area contributed by atoms with Gasteiger partial charge >= 0.3 is 11.9 Å². The summed E-state index contributed by atoms with van der Waals surface area (Å²) in [5.41, 5.74) is 2.11. The van der Waals surface area contributed by atoms with Crippen LogP contribution < -0.4 is 33.8 Å². The second-order valence-corrected chi connectivity index (χ2v) is 12.6. The van der Waals surface area contributed by atoms with E-state index in [1.165, 1.54) is 38.0 Å². The third-order valence-corrected chi connectivity index (χ3v) is 9.37. The molecule has 1 aliphatic rings. The van der Waals surface area contributed by atoms with Crippen LogP contribution in [-0.4, -0.2) is 49.5 Å². The van der Waals surface area contributed by atoms with Crippen LogP contribution in [0.3, 0.4) is 0 Å². The number of allylic oxidation sites excluding steroid dienone is 1. The molecule has 0 unspecified atom stereocenters. The van der Waals surface area contributed by atoms with E-state index in [9.17, 15) is 19.5 Å². The maximum Gasteiger partial charge on any atom is 0.338 e. The van der Waals surface area contributed by atoms with Gasteiger partial charge in [0.2, 0.25) is 0 Å².